The van der Waals surface area contributed by atoms with E-state index in [1.807, 2.05) is 27.0 Å². The third-order valence-corrected chi connectivity index (χ3v) is 8.14. The predicted octanol–water partition coefficient (Wildman–Crippen LogP) is 5.11. The van der Waals surface area contributed by atoms with Crippen molar-refractivity contribution in [3.05, 3.63) is 57.0 Å². The Morgan fingerprint density at radius 3 is 2.44 bits per heavy atom. The van der Waals surface area contributed by atoms with Crippen molar-refractivity contribution < 1.29 is 18.8 Å². The number of halogens is 2. The van der Waals surface area contributed by atoms with Crippen molar-refractivity contribution in [2.75, 3.05) is 7.05 Å². The van der Waals surface area contributed by atoms with Crippen LogP contribution in [0.2, 0.25) is 5.02 Å². The number of nitrogens with one attached hydrogen (secondary N) is 2. The molecule has 2 N–H and O–H groups in total. The highest BCUT2D eigenvalue weighted by atomic mass is 35.5. The van der Waals surface area contributed by atoms with Gasteiger partial charge in [-0.25, -0.2) is 14.4 Å². The summed E-state index contributed by atoms with van der Waals surface area (Å²) in [6, 6.07) is 6.07. The van der Waals surface area contributed by atoms with Crippen LogP contribution in [0.1, 0.15) is 68.1 Å². The number of hydrogen-bond acceptors (Lipinski definition) is 6. The fourth-order valence-corrected chi connectivity index (χ4v) is 5.55. The summed E-state index contributed by atoms with van der Waals surface area (Å²) in [5, 5.41) is 19.4. The predicted molar refractivity (Wildman–Crippen MR) is 149 cm³/mol. The third kappa shape index (κ3) is 7.70. The lowest BCUT2D eigenvalue weighted by atomic mass is 9.82. The number of amides is 3. The van der Waals surface area contributed by atoms with Gasteiger partial charge in [0.15, 0.2) is 6.19 Å². The molecule has 210 valence electrons. The summed E-state index contributed by atoms with van der Waals surface area (Å²) >= 11 is 7.17. The highest BCUT2D eigenvalue weighted by Gasteiger charge is 2.39. The molecule has 3 rings (SSSR count). The van der Waals surface area contributed by atoms with Crippen molar-refractivity contribution in [2.24, 2.45) is 11.3 Å². The van der Waals surface area contributed by atoms with Crippen LogP contribution in [0.3, 0.4) is 0 Å². The van der Waals surface area contributed by atoms with E-state index in [0.717, 1.165) is 42.1 Å². The summed E-state index contributed by atoms with van der Waals surface area (Å²) in [6.45, 7) is 5.31. The molecule has 1 aromatic carbocycles. The van der Waals surface area contributed by atoms with Crippen LogP contribution in [0, 0.1) is 28.6 Å². The first-order chi connectivity index (χ1) is 18.4. The summed E-state index contributed by atoms with van der Waals surface area (Å²) in [5.74, 6) is -2.14. The Morgan fingerprint density at radius 2 is 1.85 bits per heavy atom. The van der Waals surface area contributed by atoms with Gasteiger partial charge in [-0.05, 0) is 41.7 Å². The number of carbonyl (C=O) groups is 3. The average molecular weight is 576 g/mol. The number of nitrogens with zero attached hydrogens (tertiary/aromatic N) is 3. The molecule has 3 amide bonds. The molecule has 2 aromatic rings. The summed E-state index contributed by atoms with van der Waals surface area (Å²) < 4.78 is 14.5. The van der Waals surface area contributed by atoms with Gasteiger partial charge in [0, 0.05) is 12.6 Å². The van der Waals surface area contributed by atoms with E-state index in [9.17, 15) is 24.0 Å². The second-order valence-corrected chi connectivity index (χ2v) is 12.2. The van der Waals surface area contributed by atoms with Crippen LogP contribution in [0.25, 0.3) is 0 Å². The van der Waals surface area contributed by atoms with Crippen molar-refractivity contribution in [2.45, 2.75) is 71.5 Å². The first-order valence-electron chi connectivity index (χ1n) is 13.0. The molecule has 0 bridgehead atoms. The smallest absolute Gasteiger partial charge is 0.264 e. The molecule has 39 heavy (non-hydrogen) atoms. The number of likely N-dealkylation sites (N-methyl/N-ethyl adjacent to an activating group) is 1. The molecule has 1 heterocycles. The summed E-state index contributed by atoms with van der Waals surface area (Å²) in [7, 11) is 1.43. The van der Waals surface area contributed by atoms with Gasteiger partial charge in [-0.2, -0.15) is 5.26 Å². The van der Waals surface area contributed by atoms with Crippen molar-refractivity contribution >= 4 is 40.7 Å². The number of nitriles is 1. The Bertz CT molecular complexity index is 1200. The van der Waals surface area contributed by atoms with Crippen molar-refractivity contribution in [1.29, 1.82) is 5.26 Å². The van der Waals surface area contributed by atoms with Gasteiger partial charge in [0.2, 0.25) is 5.91 Å². The van der Waals surface area contributed by atoms with Crippen LogP contribution < -0.4 is 10.6 Å². The number of carbonyl (C=O) groups excluding carboxylic acids is 3. The molecule has 1 aliphatic rings. The quantitative estimate of drug-likeness (QED) is 0.246. The zero-order valence-corrected chi connectivity index (χ0v) is 24.2. The van der Waals surface area contributed by atoms with Gasteiger partial charge in [-0.15, -0.1) is 11.3 Å². The molecular formula is C28H35ClFN5O3S. The highest BCUT2D eigenvalue weighted by molar-refractivity contribution is 7.12. The number of benzene rings is 1. The maximum atomic E-state index is 14.5. The van der Waals surface area contributed by atoms with Crippen LogP contribution in [0.15, 0.2) is 35.7 Å². The number of thiophene rings is 1. The molecule has 0 radical (unpaired) electrons. The van der Waals surface area contributed by atoms with Gasteiger partial charge < -0.3 is 10.6 Å². The van der Waals surface area contributed by atoms with E-state index in [0.29, 0.717) is 4.88 Å². The van der Waals surface area contributed by atoms with Crippen molar-refractivity contribution in [1.82, 2.24) is 20.7 Å². The maximum Gasteiger partial charge on any atom is 0.264 e. The first-order valence-corrected chi connectivity index (χ1v) is 14.2. The maximum absolute atomic E-state index is 14.5. The molecule has 1 saturated carbocycles. The van der Waals surface area contributed by atoms with Crippen LogP contribution in [0.5, 0.6) is 0 Å². The standard InChI is InChI=1S/C28H35ClFN5O3S/c1-28(2,3)24(33-25(36)21-14-9-15-39-21)26(37)32-23(18-10-6-5-7-11-18)27(38)34(4)35(17-31)16-19-12-8-13-20(29)22(19)30/h8-9,12-15,18,23-24H,5-7,10-11,16H2,1-4H3,(H,32,37)(H,33,36)/t23-,24+/m0/s1. The molecule has 0 saturated heterocycles. The normalized spacial score (nSPS) is 15.5. The second kappa shape index (κ2) is 13.3. The molecule has 1 aromatic heterocycles. The largest absolute Gasteiger partial charge is 0.342 e. The molecule has 2 atom stereocenters. The van der Waals surface area contributed by atoms with Gasteiger partial charge in [0.1, 0.15) is 17.9 Å². The van der Waals surface area contributed by atoms with Gasteiger partial charge >= 0.3 is 0 Å². The topological polar surface area (TPSA) is 106 Å². The minimum atomic E-state index is -0.925. The SMILES string of the molecule is CN(C(=O)[C@@H](NC(=O)[C@@H](NC(=O)c1cccs1)C(C)(C)C)C1CCCCC1)N(C#N)Cc1cccc(Cl)c1F. The Kier molecular flexibility index (Phi) is 10.3. The van der Waals surface area contributed by atoms with E-state index in [2.05, 4.69) is 10.6 Å². The van der Waals surface area contributed by atoms with E-state index in [1.54, 1.807) is 23.6 Å². The number of hydrazine groups is 1. The van der Waals surface area contributed by atoms with Crippen LogP contribution in [0.4, 0.5) is 4.39 Å². The van der Waals surface area contributed by atoms with E-state index in [4.69, 9.17) is 11.6 Å². The van der Waals surface area contributed by atoms with E-state index in [1.165, 1.54) is 30.5 Å². The molecule has 0 spiro atoms. The van der Waals surface area contributed by atoms with Gasteiger partial charge in [-0.1, -0.05) is 69.8 Å². The molecule has 11 heteroatoms. The summed E-state index contributed by atoms with van der Waals surface area (Å²) in [6.07, 6.45) is 6.29. The summed E-state index contributed by atoms with van der Waals surface area (Å²) in [5.41, 5.74) is -0.489. The van der Waals surface area contributed by atoms with E-state index < -0.39 is 35.1 Å². The monoisotopic (exact) mass is 575 g/mol. The lowest BCUT2D eigenvalue weighted by molar-refractivity contribution is -0.148. The van der Waals surface area contributed by atoms with Gasteiger partial charge in [0.05, 0.1) is 16.4 Å². The van der Waals surface area contributed by atoms with Crippen LogP contribution in [-0.2, 0) is 16.1 Å². The molecular weight excluding hydrogens is 541 g/mol. The fourth-order valence-electron chi connectivity index (χ4n) is 4.73. The minimum absolute atomic E-state index is 0.0791. The Hall–Kier alpha value is -3.16. The lowest BCUT2D eigenvalue weighted by Gasteiger charge is -2.37. The van der Waals surface area contributed by atoms with E-state index >= 15 is 0 Å². The highest BCUT2D eigenvalue weighted by Crippen LogP contribution is 2.29. The third-order valence-electron chi connectivity index (χ3n) is 6.98. The summed E-state index contributed by atoms with van der Waals surface area (Å²) in [4.78, 5) is 40.8. The Labute approximate surface area is 238 Å². The number of hydrogen-bond donors (Lipinski definition) is 2. The Balaban J connectivity index is 1.84. The van der Waals surface area contributed by atoms with Crippen LogP contribution in [-0.4, -0.2) is 46.9 Å². The second-order valence-electron chi connectivity index (χ2n) is 10.9. The molecule has 1 aliphatic carbocycles. The molecule has 1 fully saturated rings. The molecule has 0 unspecified atom stereocenters. The fraction of sp³-hybridized carbons (Fsp3) is 0.500. The Morgan fingerprint density at radius 1 is 1.15 bits per heavy atom. The van der Waals surface area contributed by atoms with Gasteiger partial charge in [-0.3, -0.25) is 14.4 Å². The zero-order valence-electron chi connectivity index (χ0n) is 22.7. The molecule has 8 nitrogen and oxygen atoms in total. The van der Waals surface area contributed by atoms with Gasteiger partial charge in [0.25, 0.3) is 11.8 Å². The average Bonchev–Trinajstić information content (AvgIpc) is 3.45. The van der Waals surface area contributed by atoms with E-state index in [-0.39, 0.29) is 29.0 Å². The number of rotatable bonds is 9. The van der Waals surface area contributed by atoms with Crippen LogP contribution >= 0.6 is 22.9 Å². The molecule has 0 aliphatic heterocycles. The zero-order chi connectivity index (χ0) is 28.7. The lowest BCUT2D eigenvalue weighted by Crippen LogP contribution is -2.60. The van der Waals surface area contributed by atoms with Crippen molar-refractivity contribution in [3.8, 4) is 6.19 Å². The minimum Gasteiger partial charge on any atom is -0.342 e. The first kappa shape index (κ1) is 30.4. The van der Waals surface area contributed by atoms with Crippen molar-refractivity contribution in [3.63, 3.8) is 0 Å².